The SMILES string of the molecule is CC(C)(C)[Si](C)(C)O[C@H](c1ccccc1)[C@H]1CC[C@@H](Cc2ccc(NC(=O)[C@H]3CCc4ccnn43)cc2)N1C(=O)O. The molecule has 1 saturated heterocycles. The minimum atomic E-state index is -2.18. The molecule has 8 nitrogen and oxygen atoms in total. The molecule has 9 heteroatoms. The van der Waals surface area contributed by atoms with Crippen molar-refractivity contribution in [2.45, 2.75) is 95.2 Å². The molecule has 0 spiro atoms. The van der Waals surface area contributed by atoms with Crippen LogP contribution in [-0.4, -0.2) is 52.2 Å². The Morgan fingerprint density at radius 3 is 2.41 bits per heavy atom. The number of aromatic nitrogens is 2. The van der Waals surface area contributed by atoms with E-state index < -0.39 is 14.4 Å². The lowest BCUT2D eigenvalue weighted by Crippen LogP contribution is -2.49. The fourth-order valence-corrected chi connectivity index (χ4v) is 7.19. The van der Waals surface area contributed by atoms with Gasteiger partial charge in [-0.2, -0.15) is 5.10 Å². The van der Waals surface area contributed by atoms with Crippen LogP contribution in [0, 0.1) is 0 Å². The quantitative estimate of drug-likeness (QED) is 0.288. The molecule has 2 aromatic carbocycles. The molecular formula is C32H42N4O4Si. The number of carbonyl (C=O) groups is 2. The molecule has 0 aliphatic carbocycles. The van der Waals surface area contributed by atoms with E-state index in [2.05, 4.69) is 56.4 Å². The van der Waals surface area contributed by atoms with Crippen molar-refractivity contribution in [2.75, 3.05) is 5.32 Å². The summed E-state index contributed by atoms with van der Waals surface area (Å²) < 4.78 is 8.75. The van der Waals surface area contributed by atoms with Crippen LogP contribution in [0.5, 0.6) is 0 Å². The number of nitrogens with one attached hydrogen (secondary N) is 1. The summed E-state index contributed by atoms with van der Waals surface area (Å²) in [5.74, 6) is -0.0652. The van der Waals surface area contributed by atoms with E-state index in [0.717, 1.165) is 48.2 Å². The van der Waals surface area contributed by atoms with E-state index >= 15 is 0 Å². The van der Waals surface area contributed by atoms with Gasteiger partial charge >= 0.3 is 6.09 Å². The van der Waals surface area contributed by atoms with E-state index in [1.807, 2.05) is 48.5 Å². The monoisotopic (exact) mass is 574 g/mol. The van der Waals surface area contributed by atoms with Gasteiger partial charge in [-0.25, -0.2) is 4.79 Å². The van der Waals surface area contributed by atoms with Crippen molar-refractivity contribution in [3.8, 4) is 0 Å². The Balaban J connectivity index is 1.30. The van der Waals surface area contributed by atoms with E-state index in [9.17, 15) is 14.7 Å². The molecule has 5 rings (SSSR count). The summed E-state index contributed by atoms with van der Waals surface area (Å²) in [6.45, 7) is 11.1. The van der Waals surface area contributed by atoms with Gasteiger partial charge in [-0.1, -0.05) is 63.2 Å². The number of carboxylic acid groups (broad SMARTS) is 1. The standard InChI is InChI=1S/C32H42N4O4Si/c1-32(2,3)41(4,5)40-29(23-9-7-6-8-10-23)27-17-16-26(35(27)31(38)39)21-22-11-13-24(14-12-22)34-30(37)28-18-15-25-19-20-33-36(25)28/h6-14,19-20,26-29H,15-18,21H2,1-5H3,(H,34,37)(H,38,39)/t26-,27+,28+,29+/m0/s1. The van der Waals surface area contributed by atoms with Crippen molar-refractivity contribution in [2.24, 2.45) is 0 Å². The summed E-state index contributed by atoms with van der Waals surface area (Å²) in [4.78, 5) is 27.2. The van der Waals surface area contributed by atoms with Crippen molar-refractivity contribution in [1.82, 2.24) is 14.7 Å². The van der Waals surface area contributed by atoms with Gasteiger partial charge in [0.25, 0.3) is 0 Å². The highest BCUT2D eigenvalue weighted by molar-refractivity contribution is 6.74. The number of anilines is 1. The summed E-state index contributed by atoms with van der Waals surface area (Å²) in [6.07, 6.45) is 4.24. The summed E-state index contributed by atoms with van der Waals surface area (Å²) in [6, 6.07) is 19.1. The molecule has 218 valence electrons. The van der Waals surface area contributed by atoms with E-state index in [-0.39, 0.29) is 35.2 Å². The summed E-state index contributed by atoms with van der Waals surface area (Å²) >= 11 is 0. The maximum Gasteiger partial charge on any atom is 0.407 e. The Bertz CT molecular complexity index is 1370. The van der Waals surface area contributed by atoms with Crippen LogP contribution < -0.4 is 5.32 Å². The number of carbonyl (C=O) groups excluding carboxylic acids is 1. The topological polar surface area (TPSA) is 96.7 Å². The van der Waals surface area contributed by atoms with Gasteiger partial charge in [0.1, 0.15) is 6.04 Å². The van der Waals surface area contributed by atoms with Gasteiger partial charge in [0.05, 0.1) is 12.1 Å². The Morgan fingerprint density at radius 1 is 1.05 bits per heavy atom. The number of rotatable bonds is 8. The van der Waals surface area contributed by atoms with Gasteiger partial charge < -0.3 is 14.8 Å². The molecule has 2 amide bonds. The number of likely N-dealkylation sites (tertiary alicyclic amines) is 1. The molecule has 0 radical (unpaired) electrons. The lowest BCUT2D eigenvalue weighted by Gasteiger charge is -2.42. The van der Waals surface area contributed by atoms with E-state index in [0.29, 0.717) is 6.42 Å². The predicted octanol–water partition coefficient (Wildman–Crippen LogP) is 6.83. The van der Waals surface area contributed by atoms with Crippen molar-refractivity contribution in [1.29, 1.82) is 0 Å². The zero-order valence-corrected chi connectivity index (χ0v) is 25.7. The van der Waals surface area contributed by atoms with Crippen LogP contribution in [0.3, 0.4) is 0 Å². The highest BCUT2D eigenvalue weighted by Crippen LogP contribution is 2.44. The maximum atomic E-state index is 12.9. The molecule has 41 heavy (non-hydrogen) atoms. The Labute approximate surface area is 243 Å². The Morgan fingerprint density at radius 2 is 1.76 bits per heavy atom. The Hall–Kier alpha value is -3.43. The highest BCUT2D eigenvalue weighted by atomic mass is 28.4. The molecule has 2 N–H and O–H groups in total. The molecular weight excluding hydrogens is 532 g/mol. The average Bonchev–Trinajstić information content (AvgIpc) is 3.64. The van der Waals surface area contributed by atoms with Crippen molar-refractivity contribution >= 4 is 26.0 Å². The first-order valence-electron chi connectivity index (χ1n) is 14.6. The van der Waals surface area contributed by atoms with E-state index in [1.54, 1.807) is 15.8 Å². The van der Waals surface area contributed by atoms with E-state index in [4.69, 9.17) is 4.43 Å². The molecule has 2 aliphatic heterocycles. The molecule has 3 heterocycles. The normalized spacial score (nSPS) is 21.5. The second-order valence-electron chi connectivity index (χ2n) is 12.9. The van der Waals surface area contributed by atoms with Crippen LogP contribution in [0.25, 0.3) is 0 Å². The lowest BCUT2D eigenvalue weighted by atomic mass is 10.0. The summed E-state index contributed by atoms with van der Waals surface area (Å²) in [5.41, 5.74) is 3.88. The molecule has 1 fully saturated rings. The first-order valence-corrected chi connectivity index (χ1v) is 17.5. The van der Waals surface area contributed by atoms with Gasteiger partial charge in [-0.05, 0) is 79.6 Å². The fourth-order valence-electron chi connectivity index (χ4n) is 5.90. The number of aryl methyl sites for hydroxylation is 1. The van der Waals surface area contributed by atoms with Gasteiger partial charge in [-0.15, -0.1) is 0 Å². The third-order valence-electron chi connectivity index (χ3n) is 9.19. The molecule has 0 bridgehead atoms. The molecule has 1 aromatic heterocycles. The fraction of sp³-hybridized carbons (Fsp3) is 0.469. The average molecular weight is 575 g/mol. The number of nitrogens with zero attached hydrogens (tertiary/aromatic N) is 3. The molecule has 2 aliphatic rings. The predicted molar refractivity (Wildman–Crippen MR) is 162 cm³/mol. The van der Waals surface area contributed by atoms with Crippen LogP contribution in [0.1, 0.15) is 69.0 Å². The molecule has 0 saturated carbocycles. The molecule has 4 atom stereocenters. The second kappa shape index (κ2) is 11.4. The van der Waals surface area contributed by atoms with Crippen LogP contribution in [0.4, 0.5) is 10.5 Å². The third-order valence-corrected chi connectivity index (χ3v) is 13.6. The largest absolute Gasteiger partial charge is 0.465 e. The minimum Gasteiger partial charge on any atom is -0.465 e. The van der Waals surface area contributed by atoms with Gasteiger partial charge in [0, 0.05) is 23.6 Å². The first kappa shape index (κ1) is 29.1. The number of hydrogen-bond acceptors (Lipinski definition) is 4. The van der Waals surface area contributed by atoms with Crippen LogP contribution in [-0.2, 0) is 22.1 Å². The summed E-state index contributed by atoms with van der Waals surface area (Å²) in [7, 11) is -2.18. The van der Waals surface area contributed by atoms with Crippen LogP contribution in [0.15, 0.2) is 66.9 Å². The molecule has 3 aromatic rings. The van der Waals surface area contributed by atoms with E-state index in [1.165, 1.54) is 0 Å². The van der Waals surface area contributed by atoms with Crippen molar-refractivity contribution in [3.05, 3.63) is 83.7 Å². The Kier molecular flexibility index (Phi) is 8.12. The maximum absolute atomic E-state index is 12.9. The van der Waals surface area contributed by atoms with Gasteiger partial charge in [0.15, 0.2) is 8.32 Å². The first-order chi connectivity index (χ1) is 19.4. The number of benzene rings is 2. The van der Waals surface area contributed by atoms with Crippen molar-refractivity contribution in [3.63, 3.8) is 0 Å². The summed E-state index contributed by atoms with van der Waals surface area (Å²) in [5, 5.41) is 17.7. The highest BCUT2D eigenvalue weighted by Gasteiger charge is 2.46. The number of fused-ring (bicyclic) bond motifs is 1. The number of hydrogen-bond donors (Lipinski definition) is 2. The minimum absolute atomic E-state index is 0.00168. The zero-order valence-electron chi connectivity index (χ0n) is 24.7. The lowest BCUT2D eigenvalue weighted by molar-refractivity contribution is -0.119. The van der Waals surface area contributed by atoms with Gasteiger partial charge in [0.2, 0.25) is 5.91 Å². The smallest absolute Gasteiger partial charge is 0.407 e. The molecule has 0 unspecified atom stereocenters. The van der Waals surface area contributed by atoms with Crippen LogP contribution in [0.2, 0.25) is 18.1 Å². The third kappa shape index (κ3) is 6.11. The van der Waals surface area contributed by atoms with Gasteiger partial charge in [-0.3, -0.25) is 14.4 Å². The van der Waals surface area contributed by atoms with Crippen LogP contribution >= 0.6 is 0 Å². The van der Waals surface area contributed by atoms with Crippen molar-refractivity contribution < 1.29 is 19.1 Å². The number of amides is 2. The second-order valence-corrected chi connectivity index (χ2v) is 17.7. The zero-order chi connectivity index (χ0) is 29.4.